The molecule has 1 atom stereocenters. The Labute approximate surface area is 90.0 Å². The Morgan fingerprint density at radius 3 is 3.13 bits per heavy atom. The van der Waals surface area contributed by atoms with E-state index in [1.165, 1.54) is 6.42 Å². The van der Waals surface area contributed by atoms with E-state index in [1.807, 2.05) is 13.0 Å². The molecule has 0 amide bonds. The molecule has 2 rings (SSSR count). The number of hydrogen-bond donors (Lipinski definition) is 1. The second kappa shape index (κ2) is 4.33. The average molecular weight is 210 g/mol. The van der Waals surface area contributed by atoms with Crippen LogP contribution in [0.4, 0.5) is 0 Å². The van der Waals surface area contributed by atoms with Gasteiger partial charge in [-0.2, -0.15) is 0 Å². The first-order chi connectivity index (χ1) is 7.18. The van der Waals surface area contributed by atoms with Gasteiger partial charge in [-0.15, -0.1) is 0 Å². The van der Waals surface area contributed by atoms with Crippen molar-refractivity contribution in [3.05, 3.63) is 17.5 Å². The minimum absolute atomic E-state index is 0.0505. The van der Waals surface area contributed by atoms with E-state index in [2.05, 4.69) is 17.4 Å². The number of aromatic nitrogens is 1. The Morgan fingerprint density at radius 2 is 2.53 bits per heavy atom. The quantitative estimate of drug-likeness (QED) is 0.824. The fraction of sp³-hybridized carbons (Fsp3) is 0.727. The first-order valence-electron chi connectivity index (χ1n) is 5.45. The summed E-state index contributed by atoms with van der Waals surface area (Å²) in [6, 6.07) is 1.92. The SMILES string of the molecule is Cc1cc(COC2(C)CCCNC2)no1. The average Bonchev–Trinajstić information content (AvgIpc) is 2.63. The number of ether oxygens (including phenoxy) is 1. The van der Waals surface area contributed by atoms with Gasteiger partial charge in [0, 0.05) is 12.6 Å². The normalized spacial score (nSPS) is 26.8. The predicted octanol–water partition coefficient (Wildman–Crippen LogP) is 1.64. The molecule has 0 spiro atoms. The summed E-state index contributed by atoms with van der Waals surface area (Å²) < 4.78 is 10.9. The summed E-state index contributed by atoms with van der Waals surface area (Å²) in [5, 5.41) is 7.26. The summed E-state index contributed by atoms with van der Waals surface area (Å²) in [6.07, 6.45) is 2.28. The van der Waals surface area contributed by atoms with Crippen molar-refractivity contribution in [1.82, 2.24) is 10.5 Å². The van der Waals surface area contributed by atoms with Crippen LogP contribution in [0, 0.1) is 6.92 Å². The molecule has 1 aliphatic heterocycles. The van der Waals surface area contributed by atoms with Crippen LogP contribution in [-0.2, 0) is 11.3 Å². The van der Waals surface area contributed by atoms with Crippen LogP contribution in [0.2, 0.25) is 0 Å². The maximum Gasteiger partial charge on any atom is 0.134 e. The first-order valence-corrected chi connectivity index (χ1v) is 5.45. The van der Waals surface area contributed by atoms with Crippen molar-refractivity contribution in [2.24, 2.45) is 0 Å². The molecule has 1 aliphatic rings. The van der Waals surface area contributed by atoms with Crippen LogP contribution >= 0.6 is 0 Å². The van der Waals surface area contributed by atoms with Gasteiger partial charge in [0.05, 0.1) is 12.2 Å². The van der Waals surface area contributed by atoms with Crippen molar-refractivity contribution in [3.8, 4) is 0 Å². The molecule has 1 aromatic heterocycles. The van der Waals surface area contributed by atoms with E-state index in [1.54, 1.807) is 0 Å². The fourth-order valence-electron chi connectivity index (χ4n) is 1.89. The van der Waals surface area contributed by atoms with Gasteiger partial charge < -0.3 is 14.6 Å². The summed E-state index contributed by atoms with van der Waals surface area (Å²) in [5.74, 6) is 0.834. The van der Waals surface area contributed by atoms with Crippen molar-refractivity contribution < 1.29 is 9.26 Å². The maximum atomic E-state index is 5.88. The van der Waals surface area contributed by atoms with E-state index in [4.69, 9.17) is 9.26 Å². The molecule has 1 aromatic rings. The maximum absolute atomic E-state index is 5.88. The summed E-state index contributed by atoms with van der Waals surface area (Å²) in [5.41, 5.74) is 0.824. The molecule has 1 N–H and O–H groups in total. The minimum atomic E-state index is -0.0505. The van der Waals surface area contributed by atoms with Gasteiger partial charge in [0.2, 0.25) is 0 Å². The van der Waals surface area contributed by atoms with Crippen molar-refractivity contribution in [1.29, 1.82) is 0 Å². The van der Waals surface area contributed by atoms with Crippen LogP contribution in [0.25, 0.3) is 0 Å². The van der Waals surface area contributed by atoms with E-state index in [-0.39, 0.29) is 5.60 Å². The lowest BCUT2D eigenvalue weighted by Crippen LogP contribution is -2.45. The van der Waals surface area contributed by atoms with Gasteiger partial charge in [-0.1, -0.05) is 5.16 Å². The Balaban J connectivity index is 1.86. The zero-order chi connectivity index (χ0) is 10.7. The smallest absolute Gasteiger partial charge is 0.134 e. The molecule has 15 heavy (non-hydrogen) atoms. The topological polar surface area (TPSA) is 47.3 Å². The second-order valence-electron chi connectivity index (χ2n) is 4.45. The molecule has 84 valence electrons. The van der Waals surface area contributed by atoms with Gasteiger partial charge in [-0.3, -0.25) is 0 Å². The highest BCUT2D eigenvalue weighted by molar-refractivity contribution is 5.02. The van der Waals surface area contributed by atoms with Gasteiger partial charge >= 0.3 is 0 Å². The molecular formula is C11H18N2O2. The highest BCUT2D eigenvalue weighted by Crippen LogP contribution is 2.21. The molecule has 0 aromatic carbocycles. The van der Waals surface area contributed by atoms with Crippen molar-refractivity contribution >= 4 is 0 Å². The zero-order valence-electron chi connectivity index (χ0n) is 9.38. The van der Waals surface area contributed by atoms with Crippen molar-refractivity contribution in [3.63, 3.8) is 0 Å². The molecule has 2 heterocycles. The van der Waals surface area contributed by atoms with Gasteiger partial charge in [0.25, 0.3) is 0 Å². The van der Waals surface area contributed by atoms with E-state index in [9.17, 15) is 0 Å². The van der Waals surface area contributed by atoms with Crippen LogP contribution in [0.3, 0.4) is 0 Å². The standard InChI is InChI=1S/C11H18N2O2/c1-9-6-10(13-15-9)7-14-11(2)4-3-5-12-8-11/h6,12H,3-5,7-8H2,1-2H3. The highest BCUT2D eigenvalue weighted by Gasteiger charge is 2.27. The second-order valence-corrected chi connectivity index (χ2v) is 4.45. The molecule has 1 unspecified atom stereocenters. The zero-order valence-corrected chi connectivity index (χ0v) is 9.38. The molecule has 1 fully saturated rings. The number of nitrogens with zero attached hydrogens (tertiary/aromatic N) is 1. The van der Waals surface area contributed by atoms with E-state index < -0.39 is 0 Å². The largest absolute Gasteiger partial charge is 0.368 e. The summed E-state index contributed by atoms with van der Waals surface area (Å²) in [7, 11) is 0. The Kier molecular flexibility index (Phi) is 3.07. The molecule has 0 radical (unpaired) electrons. The third kappa shape index (κ3) is 2.79. The monoisotopic (exact) mass is 210 g/mol. The third-order valence-corrected chi connectivity index (χ3v) is 2.80. The summed E-state index contributed by atoms with van der Waals surface area (Å²) >= 11 is 0. The highest BCUT2D eigenvalue weighted by atomic mass is 16.5. The molecule has 4 heteroatoms. The lowest BCUT2D eigenvalue weighted by atomic mass is 9.96. The lowest BCUT2D eigenvalue weighted by molar-refractivity contribution is -0.0589. The van der Waals surface area contributed by atoms with E-state index >= 15 is 0 Å². The van der Waals surface area contributed by atoms with E-state index in [0.29, 0.717) is 6.61 Å². The third-order valence-electron chi connectivity index (χ3n) is 2.80. The predicted molar refractivity (Wildman–Crippen MR) is 56.5 cm³/mol. The van der Waals surface area contributed by atoms with Crippen LogP contribution in [-0.4, -0.2) is 23.8 Å². The molecule has 1 saturated heterocycles. The first kappa shape index (κ1) is 10.6. The van der Waals surface area contributed by atoms with Gasteiger partial charge in [-0.05, 0) is 33.2 Å². The van der Waals surface area contributed by atoms with Crippen LogP contribution < -0.4 is 5.32 Å². The Bertz CT molecular complexity index is 316. The van der Waals surface area contributed by atoms with E-state index in [0.717, 1.165) is 31.0 Å². The van der Waals surface area contributed by atoms with Crippen LogP contribution in [0.15, 0.2) is 10.6 Å². The number of rotatable bonds is 3. The molecular weight excluding hydrogens is 192 g/mol. The summed E-state index contributed by atoms with van der Waals surface area (Å²) in [6.45, 7) is 6.59. The number of nitrogens with one attached hydrogen (secondary N) is 1. The molecule has 0 bridgehead atoms. The number of hydrogen-bond acceptors (Lipinski definition) is 4. The van der Waals surface area contributed by atoms with Gasteiger partial charge in [0.1, 0.15) is 11.5 Å². The minimum Gasteiger partial charge on any atom is -0.368 e. The molecule has 0 saturated carbocycles. The number of piperidine rings is 1. The lowest BCUT2D eigenvalue weighted by Gasteiger charge is -2.33. The van der Waals surface area contributed by atoms with Crippen molar-refractivity contribution in [2.45, 2.75) is 38.9 Å². The fourth-order valence-corrected chi connectivity index (χ4v) is 1.89. The van der Waals surface area contributed by atoms with Gasteiger partial charge in [-0.25, -0.2) is 0 Å². The molecule has 0 aliphatic carbocycles. The van der Waals surface area contributed by atoms with Gasteiger partial charge in [0.15, 0.2) is 0 Å². The van der Waals surface area contributed by atoms with Crippen molar-refractivity contribution in [2.75, 3.05) is 13.1 Å². The van der Waals surface area contributed by atoms with Crippen LogP contribution in [0.5, 0.6) is 0 Å². The summed E-state index contributed by atoms with van der Waals surface area (Å²) in [4.78, 5) is 0. The molecule has 4 nitrogen and oxygen atoms in total. The Hall–Kier alpha value is -0.870. The number of aryl methyl sites for hydroxylation is 1. The Morgan fingerprint density at radius 1 is 1.67 bits per heavy atom. The van der Waals surface area contributed by atoms with Crippen LogP contribution in [0.1, 0.15) is 31.2 Å².